The fraction of sp³-hybridized carbons (Fsp3) is 0.333. The fourth-order valence-electron chi connectivity index (χ4n) is 1.40. The number of nitrogens with one attached hydrogen (secondary N) is 1. The third-order valence-corrected chi connectivity index (χ3v) is 2.96. The number of carbonyl (C=O) groups is 2. The Balaban J connectivity index is 2.10. The van der Waals surface area contributed by atoms with E-state index in [4.69, 9.17) is 0 Å². The van der Waals surface area contributed by atoms with Crippen LogP contribution in [-0.2, 0) is 4.79 Å². The molecule has 0 radical (unpaired) electrons. The lowest BCUT2D eigenvalue weighted by Crippen LogP contribution is -2.32. The molecule has 1 aliphatic heterocycles. The monoisotopic (exact) mass is 195 g/mol. The third-order valence-electron chi connectivity index (χ3n) is 2.08. The third kappa shape index (κ3) is 1.62. The number of rotatable bonds is 2. The summed E-state index contributed by atoms with van der Waals surface area (Å²) in [7, 11) is 0. The highest BCUT2D eigenvalue weighted by Crippen LogP contribution is 2.16. The molecule has 1 fully saturated rings. The molecule has 13 heavy (non-hydrogen) atoms. The summed E-state index contributed by atoms with van der Waals surface area (Å²) in [5.41, 5.74) is 0. The van der Waals surface area contributed by atoms with Gasteiger partial charge >= 0.3 is 0 Å². The van der Waals surface area contributed by atoms with Gasteiger partial charge in [-0.1, -0.05) is 6.07 Å². The largest absolute Gasteiger partial charge is 0.346 e. The van der Waals surface area contributed by atoms with Crippen LogP contribution in [0.15, 0.2) is 17.5 Å². The van der Waals surface area contributed by atoms with Crippen molar-refractivity contribution < 1.29 is 9.59 Å². The first-order chi connectivity index (χ1) is 6.27. The molecule has 1 aliphatic rings. The highest BCUT2D eigenvalue weighted by Gasteiger charge is 2.28. The number of hydrogen-bond acceptors (Lipinski definition) is 3. The second-order valence-corrected chi connectivity index (χ2v) is 3.95. The van der Waals surface area contributed by atoms with E-state index >= 15 is 0 Å². The van der Waals surface area contributed by atoms with Crippen molar-refractivity contribution in [2.24, 2.45) is 0 Å². The van der Waals surface area contributed by atoms with Crippen LogP contribution < -0.4 is 5.32 Å². The van der Waals surface area contributed by atoms with Gasteiger partial charge in [-0.3, -0.25) is 9.59 Å². The van der Waals surface area contributed by atoms with Crippen LogP contribution in [-0.4, -0.2) is 17.7 Å². The van der Waals surface area contributed by atoms with E-state index in [0.29, 0.717) is 12.8 Å². The summed E-state index contributed by atoms with van der Waals surface area (Å²) in [6.07, 6.45) is 1.11. The lowest BCUT2D eigenvalue weighted by atomic mass is 10.1. The van der Waals surface area contributed by atoms with Gasteiger partial charge in [0.1, 0.15) is 0 Å². The molecular weight excluding hydrogens is 186 g/mol. The van der Waals surface area contributed by atoms with Crippen LogP contribution in [0.4, 0.5) is 0 Å². The lowest BCUT2D eigenvalue weighted by molar-refractivity contribution is -0.119. The number of Topliss-reactive ketones (excluding diaryl/α,β-unsaturated/α-hetero) is 1. The second kappa shape index (κ2) is 3.30. The Morgan fingerprint density at radius 2 is 2.46 bits per heavy atom. The topological polar surface area (TPSA) is 46.2 Å². The van der Waals surface area contributed by atoms with Crippen molar-refractivity contribution in [2.75, 3.05) is 0 Å². The minimum atomic E-state index is -0.286. The molecule has 1 amide bonds. The summed E-state index contributed by atoms with van der Waals surface area (Å²) in [6.45, 7) is 0. The number of thiophene rings is 1. The summed E-state index contributed by atoms with van der Waals surface area (Å²) in [4.78, 5) is 23.2. The average molecular weight is 195 g/mol. The van der Waals surface area contributed by atoms with Crippen LogP contribution in [0.3, 0.4) is 0 Å². The molecule has 68 valence electrons. The van der Waals surface area contributed by atoms with Gasteiger partial charge in [0, 0.05) is 6.42 Å². The van der Waals surface area contributed by atoms with Gasteiger partial charge in [-0.25, -0.2) is 0 Å². The molecule has 1 aromatic rings. The van der Waals surface area contributed by atoms with E-state index in [2.05, 4.69) is 5.32 Å². The van der Waals surface area contributed by atoms with E-state index in [1.165, 1.54) is 11.3 Å². The SMILES string of the molecule is O=C1CCC(C(=O)c2cccs2)N1. The Morgan fingerprint density at radius 1 is 1.62 bits per heavy atom. The van der Waals surface area contributed by atoms with Gasteiger partial charge in [0.15, 0.2) is 5.78 Å². The molecule has 2 heterocycles. The Labute approximate surface area is 79.8 Å². The molecule has 0 aromatic carbocycles. The summed E-state index contributed by atoms with van der Waals surface area (Å²) < 4.78 is 0. The number of carbonyl (C=O) groups excluding carboxylic acids is 2. The van der Waals surface area contributed by atoms with Gasteiger partial charge < -0.3 is 5.32 Å². The van der Waals surface area contributed by atoms with Gasteiger partial charge in [0.25, 0.3) is 0 Å². The molecule has 0 bridgehead atoms. The predicted molar refractivity (Wildman–Crippen MR) is 49.8 cm³/mol. The number of ketones is 1. The highest BCUT2D eigenvalue weighted by molar-refractivity contribution is 7.12. The first-order valence-electron chi connectivity index (χ1n) is 4.14. The molecule has 4 heteroatoms. The maximum Gasteiger partial charge on any atom is 0.220 e. The molecule has 1 unspecified atom stereocenters. The first-order valence-corrected chi connectivity index (χ1v) is 5.02. The Kier molecular flexibility index (Phi) is 2.14. The minimum Gasteiger partial charge on any atom is -0.346 e. The van der Waals surface area contributed by atoms with Gasteiger partial charge in [-0.15, -0.1) is 11.3 Å². The Hall–Kier alpha value is -1.16. The predicted octanol–water partition coefficient (Wildman–Crippen LogP) is 1.21. The maximum atomic E-state index is 11.6. The molecule has 1 N–H and O–H groups in total. The van der Waals surface area contributed by atoms with Crippen molar-refractivity contribution in [2.45, 2.75) is 18.9 Å². The maximum absolute atomic E-state index is 11.6. The summed E-state index contributed by atoms with van der Waals surface area (Å²) in [6, 6.07) is 3.35. The summed E-state index contributed by atoms with van der Waals surface area (Å²) >= 11 is 1.42. The quantitative estimate of drug-likeness (QED) is 0.721. The van der Waals surface area contributed by atoms with Gasteiger partial charge in [-0.05, 0) is 17.9 Å². The Bertz CT molecular complexity index is 331. The number of amides is 1. The van der Waals surface area contributed by atoms with Crippen molar-refractivity contribution >= 4 is 23.0 Å². The van der Waals surface area contributed by atoms with Crippen LogP contribution in [0.25, 0.3) is 0 Å². The highest BCUT2D eigenvalue weighted by atomic mass is 32.1. The summed E-state index contributed by atoms with van der Waals surface area (Å²) in [5.74, 6) is 0.0238. The smallest absolute Gasteiger partial charge is 0.220 e. The van der Waals surface area contributed by atoms with E-state index in [0.717, 1.165) is 4.88 Å². The van der Waals surface area contributed by atoms with Crippen molar-refractivity contribution in [3.8, 4) is 0 Å². The molecule has 3 nitrogen and oxygen atoms in total. The van der Waals surface area contributed by atoms with Crippen molar-refractivity contribution in [1.29, 1.82) is 0 Å². The zero-order valence-corrected chi connectivity index (χ0v) is 7.76. The van der Waals surface area contributed by atoms with E-state index in [9.17, 15) is 9.59 Å². The van der Waals surface area contributed by atoms with E-state index in [1.807, 2.05) is 11.4 Å². The van der Waals surface area contributed by atoms with Gasteiger partial charge in [-0.2, -0.15) is 0 Å². The van der Waals surface area contributed by atoms with E-state index < -0.39 is 0 Å². The molecular formula is C9H9NO2S. The molecule has 1 aromatic heterocycles. The Morgan fingerprint density at radius 3 is 3.00 bits per heavy atom. The molecule has 0 spiro atoms. The lowest BCUT2D eigenvalue weighted by Gasteiger charge is -2.05. The average Bonchev–Trinajstić information content (AvgIpc) is 2.72. The normalized spacial score (nSPS) is 21.5. The molecule has 1 saturated heterocycles. The fourth-order valence-corrected chi connectivity index (χ4v) is 2.12. The zero-order valence-electron chi connectivity index (χ0n) is 6.95. The van der Waals surface area contributed by atoms with Crippen LogP contribution >= 0.6 is 11.3 Å². The molecule has 1 atom stereocenters. The zero-order chi connectivity index (χ0) is 9.26. The van der Waals surface area contributed by atoms with E-state index in [-0.39, 0.29) is 17.7 Å². The minimum absolute atomic E-state index is 0.0186. The molecule has 0 aliphatic carbocycles. The summed E-state index contributed by atoms with van der Waals surface area (Å²) in [5, 5.41) is 4.53. The second-order valence-electron chi connectivity index (χ2n) is 3.00. The molecule has 2 rings (SSSR count). The van der Waals surface area contributed by atoms with Crippen LogP contribution in [0.5, 0.6) is 0 Å². The van der Waals surface area contributed by atoms with Crippen LogP contribution in [0, 0.1) is 0 Å². The van der Waals surface area contributed by atoms with Gasteiger partial charge in [0.05, 0.1) is 10.9 Å². The number of hydrogen-bond donors (Lipinski definition) is 1. The van der Waals surface area contributed by atoms with Crippen molar-refractivity contribution in [1.82, 2.24) is 5.32 Å². The standard InChI is InChI=1S/C9H9NO2S/c11-8-4-3-6(10-8)9(12)7-2-1-5-13-7/h1-2,5-6H,3-4H2,(H,10,11). The van der Waals surface area contributed by atoms with Crippen LogP contribution in [0.1, 0.15) is 22.5 Å². The van der Waals surface area contributed by atoms with E-state index in [1.54, 1.807) is 6.07 Å². The first kappa shape index (κ1) is 8.44. The van der Waals surface area contributed by atoms with Crippen molar-refractivity contribution in [3.05, 3.63) is 22.4 Å². The van der Waals surface area contributed by atoms with Crippen molar-refractivity contribution in [3.63, 3.8) is 0 Å². The van der Waals surface area contributed by atoms with Crippen LogP contribution in [0.2, 0.25) is 0 Å². The molecule has 0 saturated carbocycles. The van der Waals surface area contributed by atoms with Gasteiger partial charge in [0.2, 0.25) is 5.91 Å².